The molecule has 1 fully saturated rings. The minimum atomic E-state index is -0.861. The fraction of sp³-hybridized carbons (Fsp3) is 0.318. The molecule has 2 heterocycles. The fourth-order valence-corrected chi connectivity index (χ4v) is 3.80. The summed E-state index contributed by atoms with van der Waals surface area (Å²) >= 11 is 5.93. The van der Waals surface area contributed by atoms with Gasteiger partial charge in [0.1, 0.15) is 5.60 Å². The monoisotopic (exact) mass is 412 g/mol. The lowest BCUT2D eigenvalue weighted by molar-refractivity contribution is -0.140. The number of nitrogens with zero attached hydrogens (tertiary/aromatic N) is 2. The van der Waals surface area contributed by atoms with E-state index in [2.05, 4.69) is 5.16 Å². The minimum absolute atomic E-state index is 0.280. The van der Waals surface area contributed by atoms with Crippen LogP contribution >= 0.6 is 11.6 Å². The molecule has 4 rings (SSSR count). The Morgan fingerprint density at radius 3 is 2.55 bits per heavy atom. The van der Waals surface area contributed by atoms with Gasteiger partial charge in [-0.1, -0.05) is 59.2 Å². The van der Waals surface area contributed by atoms with Gasteiger partial charge < -0.3 is 9.57 Å². The quantitative estimate of drug-likeness (QED) is 0.754. The van der Waals surface area contributed by atoms with Crippen molar-refractivity contribution in [2.75, 3.05) is 0 Å². The van der Waals surface area contributed by atoms with Gasteiger partial charge in [-0.15, -0.1) is 0 Å². The Hall–Kier alpha value is -2.86. The second-order valence-corrected chi connectivity index (χ2v) is 8.16. The summed E-state index contributed by atoms with van der Waals surface area (Å²) in [5.41, 5.74) is 1.69. The molecule has 7 heteroatoms. The van der Waals surface area contributed by atoms with Gasteiger partial charge in [-0.05, 0) is 43.5 Å². The Morgan fingerprint density at radius 2 is 1.86 bits per heavy atom. The first-order valence-electron chi connectivity index (χ1n) is 9.44. The summed E-state index contributed by atoms with van der Waals surface area (Å²) in [4.78, 5) is 32.3. The highest BCUT2D eigenvalue weighted by atomic mass is 35.5. The molecule has 0 spiro atoms. The lowest BCUT2D eigenvalue weighted by Gasteiger charge is -2.28. The molecule has 150 valence electrons. The first-order chi connectivity index (χ1) is 13.8. The molecule has 1 saturated heterocycles. The van der Waals surface area contributed by atoms with Gasteiger partial charge in [0.05, 0.1) is 11.8 Å². The van der Waals surface area contributed by atoms with Crippen molar-refractivity contribution in [2.24, 2.45) is 5.16 Å². The number of rotatable bonds is 4. The van der Waals surface area contributed by atoms with Crippen LogP contribution in [0.4, 0.5) is 4.79 Å². The Labute approximate surface area is 174 Å². The lowest BCUT2D eigenvalue weighted by Crippen LogP contribution is -2.49. The summed E-state index contributed by atoms with van der Waals surface area (Å²) in [5, 5.41) is 4.67. The summed E-state index contributed by atoms with van der Waals surface area (Å²) in [6, 6.07) is 16.4. The molecule has 2 aliphatic rings. The van der Waals surface area contributed by atoms with Gasteiger partial charge in [-0.2, -0.15) is 0 Å². The summed E-state index contributed by atoms with van der Waals surface area (Å²) < 4.78 is 5.51. The number of halogens is 1. The van der Waals surface area contributed by atoms with E-state index >= 15 is 0 Å². The van der Waals surface area contributed by atoms with Gasteiger partial charge in [0.15, 0.2) is 0 Å². The van der Waals surface area contributed by atoms with Crippen LogP contribution in [0.25, 0.3) is 0 Å². The number of oxime groups is 1. The number of amides is 2. The third kappa shape index (κ3) is 3.85. The van der Waals surface area contributed by atoms with E-state index in [9.17, 15) is 9.59 Å². The molecule has 0 radical (unpaired) electrons. The topological polar surface area (TPSA) is 68.2 Å². The van der Waals surface area contributed by atoms with E-state index in [1.807, 2.05) is 56.3 Å². The standard InChI is InChI=1S/C22H21ClN2O4/c1-22(2)19(12-14-6-4-3-5-7-14)25(21(27)28-22)20(26)18-13-17(24-29-18)15-8-10-16(23)11-9-15/h3-11,18-19H,12-13H2,1-2H3/t18-,19-/m1/s1. The number of carbonyl (C=O) groups is 2. The van der Waals surface area contributed by atoms with E-state index in [0.717, 1.165) is 11.1 Å². The highest BCUT2D eigenvalue weighted by Crippen LogP contribution is 2.33. The van der Waals surface area contributed by atoms with Crippen LogP contribution in [0.1, 0.15) is 31.4 Å². The zero-order chi connectivity index (χ0) is 20.6. The molecule has 0 aromatic heterocycles. The van der Waals surface area contributed by atoms with Gasteiger partial charge in [-0.3, -0.25) is 4.79 Å². The molecule has 0 aliphatic carbocycles. The van der Waals surface area contributed by atoms with Crippen molar-refractivity contribution in [1.29, 1.82) is 0 Å². The van der Waals surface area contributed by atoms with E-state index < -0.39 is 29.7 Å². The maximum Gasteiger partial charge on any atom is 0.417 e. The highest BCUT2D eigenvalue weighted by Gasteiger charge is 2.52. The van der Waals surface area contributed by atoms with Crippen molar-refractivity contribution in [3.63, 3.8) is 0 Å². The molecule has 2 aliphatic heterocycles. The molecule has 2 atom stereocenters. The van der Waals surface area contributed by atoms with Gasteiger partial charge in [0, 0.05) is 11.4 Å². The molecule has 29 heavy (non-hydrogen) atoms. The van der Waals surface area contributed by atoms with E-state index in [4.69, 9.17) is 21.2 Å². The van der Waals surface area contributed by atoms with Crippen LogP contribution in [0.5, 0.6) is 0 Å². The Balaban J connectivity index is 1.52. The van der Waals surface area contributed by atoms with Crippen LogP contribution in [0, 0.1) is 0 Å². The first-order valence-corrected chi connectivity index (χ1v) is 9.81. The number of benzene rings is 2. The van der Waals surface area contributed by atoms with Gasteiger partial charge in [0.25, 0.3) is 5.91 Å². The molecule has 0 unspecified atom stereocenters. The van der Waals surface area contributed by atoms with Crippen molar-refractivity contribution in [1.82, 2.24) is 4.90 Å². The van der Waals surface area contributed by atoms with Crippen molar-refractivity contribution in [2.45, 2.75) is 44.4 Å². The lowest BCUT2D eigenvalue weighted by atomic mass is 9.91. The van der Waals surface area contributed by atoms with Crippen molar-refractivity contribution in [3.05, 3.63) is 70.7 Å². The number of cyclic esters (lactones) is 1. The van der Waals surface area contributed by atoms with Crippen molar-refractivity contribution in [3.8, 4) is 0 Å². The van der Waals surface area contributed by atoms with Gasteiger partial charge in [-0.25, -0.2) is 9.69 Å². The zero-order valence-corrected chi connectivity index (χ0v) is 16.9. The van der Waals surface area contributed by atoms with Gasteiger partial charge >= 0.3 is 6.09 Å². The fourth-order valence-electron chi connectivity index (χ4n) is 3.68. The molecule has 2 amide bonds. The molecule has 2 aromatic rings. The molecule has 2 aromatic carbocycles. The van der Waals surface area contributed by atoms with Crippen molar-refractivity contribution < 1.29 is 19.2 Å². The van der Waals surface area contributed by atoms with Crippen LogP contribution in [0.2, 0.25) is 5.02 Å². The molecule has 0 bridgehead atoms. The average Bonchev–Trinajstić information content (AvgIpc) is 3.26. The maximum atomic E-state index is 13.2. The van der Waals surface area contributed by atoms with Crippen LogP contribution in [-0.2, 0) is 20.8 Å². The molecule has 6 nitrogen and oxygen atoms in total. The Kier molecular flexibility index (Phi) is 5.04. The normalized spacial score (nSPS) is 22.8. The van der Waals surface area contributed by atoms with Crippen LogP contribution in [0.3, 0.4) is 0 Å². The smallest absolute Gasteiger partial charge is 0.417 e. The SMILES string of the molecule is CC1(C)OC(=O)N(C(=O)[C@H]2CC(c3ccc(Cl)cc3)=NO2)[C@@H]1Cc1ccccc1. The van der Waals surface area contributed by atoms with Crippen molar-refractivity contribution >= 4 is 29.3 Å². The number of hydrogen-bond donors (Lipinski definition) is 0. The minimum Gasteiger partial charge on any atom is -0.441 e. The van der Waals surface area contributed by atoms with Crippen LogP contribution < -0.4 is 0 Å². The average molecular weight is 413 g/mol. The Bertz CT molecular complexity index is 957. The summed E-state index contributed by atoms with van der Waals surface area (Å²) in [7, 11) is 0. The molecular formula is C22H21ClN2O4. The van der Waals surface area contributed by atoms with E-state index in [-0.39, 0.29) is 6.42 Å². The third-order valence-corrected chi connectivity index (χ3v) is 5.54. The predicted octanol–water partition coefficient (Wildman–Crippen LogP) is 4.20. The van der Waals surface area contributed by atoms with Gasteiger partial charge in [0.2, 0.25) is 6.10 Å². The Morgan fingerprint density at radius 1 is 1.17 bits per heavy atom. The second-order valence-electron chi connectivity index (χ2n) is 7.73. The summed E-state index contributed by atoms with van der Waals surface area (Å²) in [6.07, 6.45) is -0.726. The number of ether oxygens (including phenoxy) is 1. The largest absolute Gasteiger partial charge is 0.441 e. The zero-order valence-electron chi connectivity index (χ0n) is 16.2. The number of carbonyl (C=O) groups excluding carboxylic acids is 2. The molecule has 0 saturated carbocycles. The van der Waals surface area contributed by atoms with E-state index in [0.29, 0.717) is 17.2 Å². The number of imide groups is 1. The predicted molar refractivity (Wildman–Crippen MR) is 109 cm³/mol. The van der Waals surface area contributed by atoms with E-state index in [1.165, 1.54) is 4.90 Å². The molecule has 0 N–H and O–H groups in total. The van der Waals surface area contributed by atoms with Crippen LogP contribution in [0.15, 0.2) is 59.8 Å². The summed E-state index contributed by atoms with van der Waals surface area (Å²) in [6.45, 7) is 3.63. The number of hydrogen-bond acceptors (Lipinski definition) is 5. The second kappa shape index (κ2) is 7.52. The third-order valence-electron chi connectivity index (χ3n) is 5.29. The van der Waals surface area contributed by atoms with Crippen LogP contribution in [-0.4, -0.2) is 40.4 Å². The summed E-state index contributed by atoms with van der Waals surface area (Å²) in [5.74, 6) is -0.436. The first kappa shape index (κ1) is 19.5. The highest BCUT2D eigenvalue weighted by molar-refractivity contribution is 6.30. The molecular weight excluding hydrogens is 392 g/mol. The van der Waals surface area contributed by atoms with E-state index in [1.54, 1.807) is 12.1 Å². The maximum absolute atomic E-state index is 13.2.